The fourth-order valence-corrected chi connectivity index (χ4v) is 2.37. The SMILES string of the molecule is CCCCCCCCCc1cc([N+](=O)[O-])cc([N+](=O)[O-])c1O. The van der Waals surface area contributed by atoms with Crippen molar-refractivity contribution in [2.75, 3.05) is 0 Å². The highest BCUT2D eigenvalue weighted by Crippen LogP contribution is 2.35. The number of aromatic hydroxyl groups is 1. The zero-order valence-corrected chi connectivity index (χ0v) is 12.8. The smallest absolute Gasteiger partial charge is 0.317 e. The molecule has 0 spiro atoms. The molecule has 0 amide bonds. The van der Waals surface area contributed by atoms with Gasteiger partial charge in [-0.15, -0.1) is 0 Å². The van der Waals surface area contributed by atoms with Crippen molar-refractivity contribution < 1.29 is 15.0 Å². The lowest BCUT2D eigenvalue weighted by atomic mass is 10.0. The average Bonchev–Trinajstić information content (AvgIpc) is 2.47. The predicted octanol–water partition coefficient (Wildman–Crippen LogP) is 4.50. The Morgan fingerprint density at radius 1 is 0.955 bits per heavy atom. The Bertz CT molecular complexity index is 531. The second-order valence-electron chi connectivity index (χ2n) is 5.36. The molecule has 0 bridgehead atoms. The maximum Gasteiger partial charge on any atom is 0.317 e. The van der Waals surface area contributed by atoms with Crippen LogP contribution in [0.4, 0.5) is 11.4 Å². The number of aryl methyl sites for hydroxylation is 1. The fraction of sp³-hybridized carbons (Fsp3) is 0.600. The Morgan fingerprint density at radius 3 is 2.09 bits per heavy atom. The molecule has 1 rings (SSSR count). The molecule has 0 radical (unpaired) electrons. The Kier molecular flexibility index (Phi) is 7.28. The van der Waals surface area contributed by atoms with Crippen molar-refractivity contribution in [2.24, 2.45) is 0 Å². The largest absolute Gasteiger partial charge is 0.502 e. The lowest BCUT2D eigenvalue weighted by Crippen LogP contribution is -1.97. The van der Waals surface area contributed by atoms with Crippen molar-refractivity contribution >= 4 is 11.4 Å². The van der Waals surface area contributed by atoms with Gasteiger partial charge in [-0.25, -0.2) is 0 Å². The quantitative estimate of drug-likeness (QED) is 0.389. The summed E-state index contributed by atoms with van der Waals surface area (Å²) < 4.78 is 0. The van der Waals surface area contributed by atoms with E-state index in [-0.39, 0.29) is 11.3 Å². The Hall–Kier alpha value is -2.18. The Morgan fingerprint density at radius 2 is 1.55 bits per heavy atom. The minimum absolute atomic E-state index is 0.273. The zero-order chi connectivity index (χ0) is 16.5. The van der Waals surface area contributed by atoms with Crippen LogP contribution in [-0.2, 0) is 6.42 Å². The van der Waals surface area contributed by atoms with Crippen LogP contribution in [0, 0.1) is 20.2 Å². The van der Waals surface area contributed by atoms with Gasteiger partial charge in [-0.1, -0.05) is 45.4 Å². The lowest BCUT2D eigenvalue weighted by molar-refractivity contribution is -0.394. The molecular weight excluding hydrogens is 288 g/mol. The molecule has 0 atom stereocenters. The number of nitrogens with zero attached hydrogens (tertiary/aromatic N) is 2. The summed E-state index contributed by atoms with van der Waals surface area (Å²) in [5.74, 6) is -0.457. The first kappa shape index (κ1) is 17.9. The number of nitro groups is 2. The molecule has 0 aliphatic heterocycles. The van der Waals surface area contributed by atoms with Gasteiger partial charge in [0.2, 0.25) is 0 Å². The maximum absolute atomic E-state index is 10.8. The molecular formula is C15H22N2O5. The minimum Gasteiger partial charge on any atom is -0.502 e. The van der Waals surface area contributed by atoms with Crippen LogP contribution >= 0.6 is 0 Å². The molecule has 0 aliphatic rings. The third kappa shape index (κ3) is 5.31. The molecule has 0 saturated heterocycles. The number of hydrogen-bond donors (Lipinski definition) is 1. The van der Waals surface area contributed by atoms with Crippen molar-refractivity contribution in [3.63, 3.8) is 0 Å². The van der Waals surface area contributed by atoms with E-state index in [1.54, 1.807) is 0 Å². The van der Waals surface area contributed by atoms with Crippen LogP contribution in [0.3, 0.4) is 0 Å². The van der Waals surface area contributed by atoms with E-state index in [2.05, 4.69) is 6.92 Å². The van der Waals surface area contributed by atoms with Gasteiger partial charge in [0, 0.05) is 11.6 Å². The monoisotopic (exact) mass is 310 g/mol. The summed E-state index contributed by atoms with van der Waals surface area (Å²) in [6.07, 6.45) is 7.92. The summed E-state index contributed by atoms with van der Waals surface area (Å²) in [5, 5.41) is 31.5. The number of rotatable bonds is 10. The van der Waals surface area contributed by atoms with Crippen LogP contribution in [-0.4, -0.2) is 15.0 Å². The lowest BCUT2D eigenvalue weighted by Gasteiger charge is -2.06. The van der Waals surface area contributed by atoms with E-state index in [0.29, 0.717) is 6.42 Å². The van der Waals surface area contributed by atoms with E-state index in [9.17, 15) is 25.3 Å². The summed E-state index contributed by atoms with van der Waals surface area (Å²) in [7, 11) is 0. The number of nitro benzene ring substituents is 2. The summed E-state index contributed by atoms with van der Waals surface area (Å²) in [4.78, 5) is 20.2. The Balaban J connectivity index is 2.65. The number of benzene rings is 1. The summed E-state index contributed by atoms with van der Waals surface area (Å²) in [5.41, 5.74) is -0.691. The van der Waals surface area contributed by atoms with Crippen LogP contribution < -0.4 is 0 Å². The first-order valence-electron chi connectivity index (χ1n) is 7.62. The van der Waals surface area contributed by atoms with Gasteiger partial charge >= 0.3 is 5.69 Å². The molecule has 1 aromatic carbocycles. The van der Waals surface area contributed by atoms with Gasteiger partial charge in [-0.2, -0.15) is 0 Å². The fourth-order valence-electron chi connectivity index (χ4n) is 2.37. The van der Waals surface area contributed by atoms with Crippen LogP contribution in [0.15, 0.2) is 12.1 Å². The highest BCUT2D eigenvalue weighted by molar-refractivity contribution is 5.57. The Labute approximate surface area is 129 Å². The van der Waals surface area contributed by atoms with E-state index in [1.807, 2.05) is 0 Å². The highest BCUT2D eigenvalue weighted by atomic mass is 16.6. The average molecular weight is 310 g/mol. The van der Waals surface area contributed by atoms with Crippen molar-refractivity contribution in [1.82, 2.24) is 0 Å². The van der Waals surface area contributed by atoms with Crippen molar-refractivity contribution in [1.29, 1.82) is 0 Å². The van der Waals surface area contributed by atoms with Crippen LogP contribution in [0.1, 0.15) is 57.4 Å². The standard InChI is InChI=1S/C15H22N2O5/c1-2-3-4-5-6-7-8-9-12-10-13(16(19)20)11-14(15(12)18)17(21)22/h10-11,18H,2-9H2,1H3. The molecule has 7 nitrogen and oxygen atoms in total. The van der Waals surface area contributed by atoms with Crippen LogP contribution in [0.5, 0.6) is 5.75 Å². The number of phenols is 1. The second kappa shape index (κ2) is 8.96. The molecule has 7 heteroatoms. The number of non-ortho nitro benzene ring substituents is 1. The van der Waals surface area contributed by atoms with Gasteiger partial charge in [0.25, 0.3) is 5.69 Å². The van der Waals surface area contributed by atoms with Gasteiger partial charge in [-0.3, -0.25) is 20.2 Å². The molecule has 22 heavy (non-hydrogen) atoms. The molecule has 1 N–H and O–H groups in total. The molecule has 0 unspecified atom stereocenters. The molecule has 1 aromatic rings. The first-order chi connectivity index (χ1) is 10.5. The molecule has 0 aromatic heterocycles. The number of phenolic OH excluding ortho intramolecular Hbond substituents is 1. The van der Waals surface area contributed by atoms with Crippen molar-refractivity contribution in [3.8, 4) is 5.75 Å². The molecule has 0 fully saturated rings. The minimum atomic E-state index is -0.795. The van der Waals surface area contributed by atoms with Crippen LogP contribution in [0.25, 0.3) is 0 Å². The van der Waals surface area contributed by atoms with Crippen molar-refractivity contribution in [3.05, 3.63) is 37.9 Å². The van der Waals surface area contributed by atoms with E-state index < -0.39 is 21.3 Å². The third-order valence-electron chi connectivity index (χ3n) is 3.61. The third-order valence-corrected chi connectivity index (χ3v) is 3.61. The van der Waals surface area contributed by atoms with E-state index in [0.717, 1.165) is 31.7 Å². The van der Waals surface area contributed by atoms with E-state index >= 15 is 0 Å². The maximum atomic E-state index is 10.8. The first-order valence-corrected chi connectivity index (χ1v) is 7.62. The molecule has 122 valence electrons. The van der Waals surface area contributed by atoms with Crippen molar-refractivity contribution in [2.45, 2.75) is 58.3 Å². The molecule has 0 aliphatic carbocycles. The van der Waals surface area contributed by atoms with Gasteiger partial charge < -0.3 is 5.11 Å². The van der Waals surface area contributed by atoms with E-state index in [1.165, 1.54) is 25.3 Å². The van der Waals surface area contributed by atoms with Gasteiger partial charge in [0.15, 0.2) is 5.75 Å². The van der Waals surface area contributed by atoms with Gasteiger partial charge in [0.05, 0.1) is 15.9 Å². The summed E-state index contributed by atoms with van der Waals surface area (Å²) >= 11 is 0. The predicted molar refractivity (Wildman–Crippen MR) is 83.1 cm³/mol. The normalized spacial score (nSPS) is 10.6. The second-order valence-corrected chi connectivity index (χ2v) is 5.36. The highest BCUT2D eigenvalue weighted by Gasteiger charge is 2.23. The molecule has 0 saturated carbocycles. The van der Waals surface area contributed by atoms with Gasteiger partial charge in [-0.05, 0) is 12.8 Å². The summed E-state index contributed by atoms with van der Waals surface area (Å²) in [6.45, 7) is 2.15. The topological polar surface area (TPSA) is 107 Å². The summed E-state index contributed by atoms with van der Waals surface area (Å²) in [6, 6.07) is 2.02. The van der Waals surface area contributed by atoms with Gasteiger partial charge in [0.1, 0.15) is 0 Å². The number of hydrogen-bond acceptors (Lipinski definition) is 5. The molecule has 0 heterocycles. The zero-order valence-electron chi connectivity index (χ0n) is 12.8. The number of unbranched alkanes of at least 4 members (excludes halogenated alkanes) is 6. The van der Waals surface area contributed by atoms with Crippen LogP contribution in [0.2, 0.25) is 0 Å². The van der Waals surface area contributed by atoms with E-state index in [4.69, 9.17) is 0 Å².